The van der Waals surface area contributed by atoms with Gasteiger partial charge in [-0.25, -0.2) is 0 Å². The minimum Gasteiger partial charge on any atom is -0.143 e. The maximum Gasteiger partial charge on any atom is 0.00401 e. The van der Waals surface area contributed by atoms with Crippen molar-refractivity contribution in [3.05, 3.63) is 36.8 Å². The molecule has 0 saturated carbocycles. The van der Waals surface area contributed by atoms with Crippen LogP contribution in [-0.2, 0) is 0 Å². The van der Waals surface area contributed by atoms with Gasteiger partial charge in [0.25, 0.3) is 0 Å². The Bertz CT molecular complexity index is 143. The van der Waals surface area contributed by atoms with E-state index in [1.807, 2.05) is 24.3 Å². The van der Waals surface area contributed by atoms with Crippen molar-refractivity contribution < 1.29 is 0 Å². The SMILES string of the molecule is [CH2]c1ccc(S)cc1. The predicted molar refractivity (Wildman–Crippen MR) is 38.2 cm³/mol. The van der Waals surface area contributed by atoms with Crippen molar-refractivity contribution in [3.8, 4) is 0 Å². The molecule has 1 aromatic carbocycles. The molecular formula is C7H7S. The van der Waals surface area contributed by atoms with Crippen molar-refractivity contribution in [1.82, 2.24) is 0 Å². The van der Waals surface area contributed by atoms with E-state index in [9.17, 15) is 0 Å². The van der Waals surface area contributed by atoms with E-state index in [0.29, 0.717) is 0 Å². The number of benzene rings is 1. The van der Waals surface area contributed by atoms with Crippen LogP contribution < -0.4 is 0 Å². The van der Waals surface area contributed by atoms with E-state index in [1.165, 1.54) is 0 Å². The topological polar surface area (TPSA) is 0 Å². The highest BCUT2D eigenvalue weighted by atomic mass is 32.1. The van der Waals surface area contributed by atoms with Gasteiger partial charge < -0.3 is 0 Å². The summed E-state index contributed by atoms with van der Waals surface area (Å²) in [6, 6.07) is 7.71. The van der Waals surface area contributed by atoms with Crippen molar-refractivity contribution in [3.63, 3.8) is 0 Å². The molecule has 0 nitrogen and oxygen atoms in total. The van der Waals surface area contributed by atoms with Gasteiger partial charge in [-0.1, -0.05) is 12.1 Å². The molecule has 0 aliphatic carbocycles. The van der Waals surface area contributed by atoms with Gasteiger partial charge in [0.05, 0.1) is 0 Å². The highest BCUT2D eigenvalue weighted by Crippen LogP contribution is 2.05. The van der Waals surface area contributed by atoms with Gasteiger partial charge in [-0.15, -0.1) is 12.6 Å². The van der Waals surface area contributed by atoms with E-state index in [2.05, 4.69) is 19.6 Å². The molecule has 41 valence electrons. The van der Waals surface area contributed by atoms with Gasteiger partial charge in [0.1, 0.15) is 0 Å². The maximum absolute atomic E-state index is 4.10. The van der Waals surface area contributed by atoms with Crippen LogP contribution in [0.5, 0.6) is 0 Å². The lowest BCUT2D eigenvalue weighted by atomic mass is 10.2. The molecule has 0 N–H and O–H groups in total. The highest BCUT2D eigenvalue weighted by molar-refractivity contribution is 7.80. The van der Waals surface area contributed by atoms with Crippen LogP contribution in [-0.4, -0.2) is 0 Å². The van der Waals surface area contributed by atoms with Gasteiger partial charge in [0.15, 0.2) is 0 Å². The Kier molecular flexibility index (Phi) is 1.59. The summed E-state index contributed by atoms with van der Waals surface area (Å²) in [5.74, 6) is 0. The van der Waals surface area contributed by atoms with Crippen LogP contribution in [0.1, 0.15) is 5.56 Å². The summed E-state index contributed by atoms with van der Waals surface area (Å²) in [6.07, 6.45) is 0. The van der Waals surface area contributed by atoms with Crippen molar-refractivity contribution in [1.29, 1.82) is 0 Å². The number of hydrogen-bond donors (Lipinski definition) is 1. The Balaban J connectivity index is 3.03. The molecule has 0 aliphatic heterocycles. The molecule has 0 heterocycles. The average Bonchev–Trinajstić information content (AvgIpc) is 1.77. The van der Waals surface area contributed by atoms with Gasteiger partial charge >= 0.3 is 0 Å². The third-order valence-corrected chi connectivity index (χ3v) is 1.23. The summed E-state index contributed by atoms with van der Waals surface area (Å²) in [6.45, 7) is 3.73. The third-order valence-electron chi connectivity index (χ3n) is 0.936. The number of thiol groups is 1. The molecule has 8 heavy (non-hydrogen) atoms. The van der Waals surface area contributed by atoms with Gasteiger partial charge in [-0.2, -0.15) is 0 Å². The smallest absolute Gasteiger partial charge is 0.00401 e. The van der Waals surface area contributed by atoms with Crippen LogP contribution in [0.2, 0.25) is 0 Å². The van der Waals surface area contributed by atoms with Crippen LogP contribution in [0.4, 0.5) is 0 Å². The van der Waals surface area contributed by atoms with E-state index in [1.54, 1.807) is 0 Å². The predicted octanol–water partition coefficient (Wildman–Crippen LogP) is 2.16. The van der Waals surface area contributed by atoms with Gasteiger partial charge in [0.2, 0.25) is 0 Å². The first-order valence-electron chi connectivity index (χ1n) is 2.40. The Morgan fingerprint density at radius 3 is 2.00 bits per heavy atom. The Morgan fingerprint density at radius 2 is 1.62 bits per heavy atom. The summed E-state index contributed by atoms with van der Waals surface area (Å²) in [5.41, 5.74) is 1.03. The van der Waals surface area contributed by atoms with Gasteiger partial charge in [-0.05, 0) is 24.6 Å². The first-order valence-corrected chi connectivity index (χ1v) is 2.85. The van der Waals surface area contributed by atoms with Crippen LogP contribution in [0.25, 0.3) is 0 Å². The van der Waals surface area contributed by atoms with E-state index >= 15 is 0 Å². The molecule has 0 saturated heterocycles. The second-order valence-electron chi connectivity index (χ2n) is 1.67. The molecule has 0 spiro atoms. The molecule has 0 unspecified atom stereocenters. The maximum atomic E-state index is 4.10. The van der Waals surface area contributed by atoms with Crippen molar-refractivity contribution >= 4 is 12.6 Å². The van der Waals surface area contributed by atoms with Gasteiger partial charge in [0, 0.05) is 4.90 Å². The first kappa shape index (κ1) is 5.70. The van der Waals surface area contributed by atoms with Crippen molar-refractivity contribution in [2.24, 2.45) is 0 Å². The molecule has 0 aliphatic rings. The lowest BCUT2D eigenvalue weighted by Crippen LogP contribution is -1.67. The molecule has 1 rings (SSSR count). The second-order valence-corrected chi connectivity index (χ2v) is 2.18. The van der Waals surface area contributed by atoms with Crippen molar-refractivity contribution in [2.75, 3.05) is 0 Å². The third kappa shape index (κ3) is 1.27. The molecule has 0 amide bonds. The summed E-state index contributed by atoms with van der Waals surface area (Å²) < 4.78 is 0. The van der Waals surface area contributed by atoms with E-state index in [-0.39, 0.29) is 0 Å². The summed E-state index contributed by atoms with van der Waals surface area (Å²) >= 11 is 4.10. The monoisotopic (exact) mass is 123 g/mol. The largest absolute Gasteiger partial charge is 0.143 e. The quantitative estimate of drug-likeness (QED) is 0.502. The minimum absolute atomic E-state index is 0.984. The molecule has 0 atom stereocenters. The molecule has 1 radical (unpaired) electrons. The average molecular weight is 123 g/mol. The van der Waals surface area contributed by atoms with Gasteiger partial charge in [-0.3, -0.25) is 0 Å². The molecule has 1 aromatic rings. The lowest BCUT2D eigenvalue weighted by Gasteiger charge is -1.89. The van der Waals surface area contributed by atoms with Crippen LogP contribution >= 0.6 is 12.6 Å². The molecule has 0 fully saturated rings. The fraction of sp³-hybridized carbons (Fsp3) is 0. The zero-order chi connectivity index (χ0) is 5.98. The van der Waals surface area contributed by atoms with Crippen LogP contribution in [0.15, 0.2) is 29.2 Å². The molecule has 1 heteroatoms. The fourth-order valence-corrected chi connectivity index (χ4v) is 0.645. The summed E-state index contributed by atoms with van der Waals surface area (Å²) in [4.78, 5) is 0.984. The second kappa shape index (κ2) is 2.23. The number of rotatable bonds is 0. The minimum atomic E-state index is 0.984. The standard InChI is InChI=1S/C7H7S/c1-6-2-4-7(8)5-3-6/h2-5,8H,1H2. The Labute approximate surface area is 55.0 Å². The van der Waals surface area contributed by atoms with E-state index in [0.717, 1.165) is 10.5 Å². The number of hydrogen-bond acceptors (Lipinski definition) is 1. The highest BCUT2D eigenvalue weighted by Gasteiger charge is 1.80. The Morgan fingerprint density at radius 1 is 1.12 bits per heavy atom. The fourth-order valence-electron chi connectivity index (χ4n) is 0.496. The van der Waals surface area contributed by atoms with E-state index < -0.39 is 0 Å². The summed E-state index contributed by atoms with van der Waals surface area (Å²) in [5, 5.41) is 0. The molecular weight excluding hydrogens is 116 g/mol. The first-order chi connectivity index (χ1) is 3.79. The van der Waals surface area contributed by atoms with Crippen molar-refractivity contribution in [2.45, 2.75) is 4.90 Å². The Hall–Kier alpha value is -0.430. The normalized spacial score (nSPS) is 9.25. The zero-order valence-electron chi connectivity index (χ0n) is 4.46. The van der Waals surface area contributed by atoms with Crippen LogP contribution in [0, 0.1) is 6.92 Å². The summed E-state index contributed by atoms with van der Waals surface area (Å²) in [7, 11) is 0. The molecule has 0 bridgehead atoms. The zero-order valence-corrected chi connectivity index (χ0v) is 5.36. The van der Waals surface area contributed by atoms with Crippen LogP contribution in [0.3, 0.4) is 0 Å². The lowest BCUT2D eigenvalue weighted by molar-refractivity contribution is 1.45. The van der Waals surface area contributed by atoms with E-state index in [4.69, 9.17) is 0 Å². The molecule has 0 aromatic heterocycles.